The lowest BCUT2D eigenvalue weighted by Gasteiger charge is -2.18. The number of aliphatic carboxylic acids is 2. The first-order chi connectivity index (χ1) is 14.2. The van der Waals surface area contributed by atoms with Crippen LogP contribution < -0.4 is 0 Å². The average molecular weight is 419 g/mol. The monoisotopic (exact) mass is 418 g/mol. The molecule has 5 heteroatoms. The number of hydrogen-bond acceptors (Lipinski definition) is 3. The molecule has 2 rings (SSSR count). The van der Waals surface area contributed by atoms with Gasteiger partial charge in [0.2, 0.25) is 0 Å². The van der Waals surface area contributed by atoms with Gasteiger partial charge in [0.05, 0.1) is 10.8 Å². The zero-order valence-electron chi connectivity index (χ0n) is 18.6. The molecule has 1 aromatic rings. The molecular weight excluding hydrogens is 380 g/mol. The van der Waals surface area contributed by atoms with E-state index in [1.165, 1.54) is 11.1 Å². The highest BCUT2D eigenvalue weighted by atomic mass is 16.4. The van der Waals surface area contributed by atoms with Crippen LogP contribution in [0.15, 0.2) is 18.2 Å². The van der Waals surface area contributed by atoms with Gasteiger partial charge in [0.1, 0.15) is 5.75 Å². The molecule has 0 atom stereocenters. The van der Waals surface area contributed by atoms with E-state index in [0.29, 0.717) is 12.2 Å². The number of benzene rings is 1. The van der Waals surface area contributed by atoms with Crippen molar-refractivity contribution in [1.29, 1.82) is 0 Å². The van der Waals surface area contributed by atoms with E-state index < -0.39 is 22.8 Å². The molecule has 1 aromatic carbocycles. The van der Waals surface area contributed by atoms with Gasteiger partial charge in [-0.3, -0.25) is 9.59 Å². The molecule has 0 unspecified atom stereocenters. The number of carboxylic acid groups (broad SMARTS) is 2. The van der Waals surface area contributed by atoms with Gasteiger partial charge < -0.3 is 15.3 Å². The minimum absolute atomic E-state index is 0.300. The van der Waals surface area contributed by atoms with Gasteiger partial charge in [0.25, 0.3) is 0 Å². The number of rotatable bonds is 15. The van der Waals surface area contributed by atoms with E-state index in [0.717, 1.165) is 77.0 Å². The van der Waals surface area contributed by atoms with E-state index in [1.807, 2.05) is 12.1 Å². The zero-order valence-corrected chi connectivity index (χ0v) is 18.6. The van der Waals surface area contributed by atoms with Crippen LogP contribution in [0.3, 0.4) is 0 Å². The summed E-state index contributed by atoms with van der Waals surface area (Å²) >= 11 is 0. The maximum atomic E-state index is 11.2. The van der Waals surface area contributed by atoms with Crippen LogP contribution in [-0.4, -0.2) is 27.3 Å². The van der Waals surface area contributed by atoms with Crippen LogP contribution in [-0.2, 0) is 22.4 Å². The lowest BCUT2D eigenvalue weighted by atomic mass is 9.87. The molecule has 1 aliphatic carbocycles. The fourth-order valence-corrected chi connectivity index (χ4v) is 4.11. The maximum Gasteiger partial charge on any atom is 0.309 e. The molecule has 0 radical (unpaired) electrons. The Balaban J connectivity index is 1.69. The van der Waals surface area contributed by atoms with E-state index in [1.54, 1.807) is 19.9 Å². The summed E-state index contributed by atoms with van der Waals surface area (Å²) < 4.78 is 0. The molecule has 1 aliphatic rings. The summed E-state index contributed by atoms with van der Waals surface area (Å²) in [5.41, 5.74) is 1.41. The van der Waals surface area contributed by atoms with Crippen molar-refractivity contribution in [2.75, 3.05) is 0 Å². The molecule has 0 heterocycles. The number of aryl methyl sites for hydroxylation is 2. The van der Waals surface area contributed by atoms with E-state index in [2.05, 4.69) is 0 Å². The van der Waals surface area contributed by atoms with Crippen molar-refractivity contribution in [2.45, 2.75) is 97.3 Å². The predicted octanol–water partition coefficient (Wildman–Crippen LogP) is 5.96. The van der Waals surface area contributed by atoms with Gasteiger partial charge in [0, 0.05) is 0 Å². The first kappa shape index (κ1) is 24.2. The molecule has 0 saturated heterocycles. The zero-order chi connectivity index (χ0) is 22.2. The Morgan fingerprint density at radius 1 is 0.900 bits per heavy atom. The Labute approximate surface area is 180 Å². The molecule has 1 saturated carbocycles. The van der Waals surface area contributed by atoms with Crippen LogP contribution in [0.4, 0.5) is 0 Å². The van der Waals surface area contributed by atoms with Crippen molar-refractivity contribution < 1.29 is 24.9 Å². The molecule has 5 nitrogen and oxygen atoms in total. The highest BCUT2D eigenvalue weighted by molar-refractivity contribution is 5.77. The minimum Gasteiger partial charge on any atom is -0.508 e. The highest BCUT2D eigenvalue weighted by Gasteiger charge is 2.49. The molecule has 168 valence electrons. The molecule has 3 N–H and O–H groups in total. The quantitative estimate of drug-likeness (QED) is 0.305. The SMILES string of the molecule is CC(C)(CCCCCCc1cc(O)ccc1CCCCCC1(C(=O)O)CC1)C(=O)O. The van der Waals surface area contributed by atoms with Crippen LogP contribution in [0.5, 0.6) is 5.75 Å². The van der Waals surface area contributed by atoms with Gasteiger partial charge in [-0.2, -0.15) is 0 Å². The Hall–Kier alpha value is -2.04. The topological polar surface area (TPSA) is 94.8 Å². The molecule has 30 heavy (non-hydrogen) atoms. The molecule has 0 spiro atoms. The fourth-order valence-electron chi connectivity index (χ4n) is 4.11. The van der Waals surface area contributed by atoms with E-state index in [4.69, 9.17) is 0 Å². The Morgan fingerprint density at radius 2 is 1.50 bits per heavy atom. The lowest BCUT2D eigenvalue weighted by Crippen LogP contribution is -2.23. The second kappa shape index (κ2) is 10.8. The molecular formula is C25H38O5. The van der Waals surface area contributed by atoms with Crippen molar-refractivity contribution in [2.24, 2.45) is 10.8 Å². The van der Waals surface area contributed by atoms with Gasteiger partial charge in [-0.15, -0.1) is 0 Å². The van der Waals surface area contributed by atoms with E-state index in [-0.39, 0.29) is 0 Å². The van der Waals surface area contributed by atoms with Crippen molar-refractivity contribution in [3.8, 4) is 5.75 Å². The van der Waals surface area contributed by atoms with Crippen LogP contribution in [0.25, 0.3) is 0 Å². The number of unbranched alkanes of at least 4 members (excludes halogenated alkanes) is 5. The molecule has 0 aliphatic heterocycles. The van der Waals surface area contributed by atoms with Gasteiger partial charge in [0.15, 0.2) is 0 Å². The van der Waals surface area contributed by atoms with Crippen molar-refractivity contribution in [1.82, 2.24) is 0 Å². The third-order valence-corrected chi connectivity index (χ3v) is 6.68. The third kappa shape index (κ3) is 7.33. The number of phenols is 1. The Morgan fingerprint density at radius 3 is 2.10 bits per heavy atom. The molecule has 0 amide bonds. The summed E-state index contributed by atoms with van der Waals surface area (Å²) in [6.45, 7) is 3.56. The average Bonchev–Trinajstić information content (AvgIpc) is 3.47. The summed E-state index contributed by atoms with van der Waals surface area (Å²) in [5.74, 6) is -1.06. The second-order valence-electron chi connectivity index (χ2n) is 9.70. The number of aromatic hydroxyl groups is 1. The van der Waals surface area contributed by atoms with Crippen LogP contribution in [0.2, 0.25) is 0 Å². The van der Waals surface area contributed by atoms with Crippen molar-refractivity contribution in [3.05, 3.63) is 29.3 Å². The fraction of sp³-hybridized carbons (Fsp3) is 0.680. The van der Waals surface area contributed by atoms with Gasteiger partial charge in [-0.1, -0.05) is 38.2 Å². The summed E-state index contributed by atoms with van der Waals surface area (Å²) in [4.78, 5) is 22.4. The van der Waals surface area contributed by atoms with Crippen molar-refractivity contribution in [3.63, 3.8) is 0 Å². The summed E-state index contributed by atoms with van der Waals surface area (Å²) in [7, 11) is 0. The van der Waals surface area contributed by atoms with Crippen LogP contribution in [0.1, 0.15) is 95.6 Å². The molecule has 0 aromatic heterocycles. The standard InChI is InChI=1S/C25H38O5/c1-24(2,22(27)28)14-8-4-3-6-11-20-18-21(26)13-12-19(20)10-7-5-9-15-25(16-17-25)23(29)30/h12-13,18,26H,3-11,14-17H2,1-2H3,(H,27,28)(H,29,30). The Bertz CT molecular complexity index is 718. The highest BCUT2D eigenvalue weighted by Crippen LogP contribution is 2.50. The molecule has 0 bridgehead atoms. The first-order valence-corrected chi connectivity index (χ1v) is 11.4. The third-order valence-electron chi connectivity index (χ3n) is 6.68. The van der Waals surface area contributed by atoms with E-state index in [9.17, 15) is 24.9 Å². The minimum atomic E-state index is -0.734. The van der Waals surface area contributed by atoms with E-state index >= 15 is 0 Å². The number of phenolic OH excluding ortho intramolecular Hbond substituents is 1. The number of hydrogen-bond donors (Lipinski definition) is 3. The van der Waals surface area contributed by atoms with Crippen molar-refractivity contribution >= 4 is 11.9 Å². The first-order valence-electron chi connectivity index (χ1n) is 11.4. The largest absolute Gasteiger partial charge is 0.508 e. The second-order valence-corrected chi connectivity index (χ2v) is 9.70. The summed E-state index contributed by atoms with van der Waals surface area (Å²) in [6.07, 6.45) is 12.1. The summed E-state index contributed by atoms with van der Waals surface area (Å²) in [5, 5.41) is 28.3. The maximum absolute atomic E-state index is 11.2. The van der Waals surface area contributed by atoms with Gasteiger partial charge in [-0.05, 0) is 88.5 Å². The normalized spacial score (nSPS) is 15.1. The number of carboxylic acids is 2. The summed E-state index contributed by atoms with van der Waals surface area (Å²) in [6, 6.07) is 5.63. The van der Waals surface area contributed by atoms with Crippen LogP contribution >= 0.6 is 0 Å². The number of carbonyl (C=O) groups is 2. The van der Waals surface area contributed by atoms with Gasteiger partial charge in [-0.25, -0.2) is 0 Å². The smallest absolute Gasteiger partial charge is 0.309 e. The molecule has 1 fully saturated rings. The van der Waals surface area contributed by atoms with Gasteiger partial charge >= 0.3 is 11.9 Å². The lowest BCUT2D eigenvalue weighted by molar-refractivity contribution is -0.147. The van der Waals surface area contributed by atoms with Crippen LogP contribution in [0, 0.1) is 10.8 Å². The predicted molar refractivity (Wildman–Crippen MR) is 118 cm³/mol. The Kier molecular flexibility index (Phi) is 8.75.